The van der Waals surface area contributed by atoms with Crippen LogP contribution in [0.5, 0.6) is 0 Å². The van der Waals surface area contributed by atoms with E-state index >= 15 is 0 Å². The van der Waals surface area contributed by atoms with Crippen LogP contribution in [0.25, 0.3) is 0 Å². The highest BCUT2D eigenvalue weighted by molar-refractivity contribution is 4.96. The third-order valence-corrected chi connectivity index (χ3v) is 5.07. The topological polar surface area (TPSA) is 38.5 Å². The highest BCUT2D eigenvalue weighted by Gasteiger charge is 2.43. The van der Waals surface area contributed by atoms with E-state index in [4.69, 9.17) is 10.5 Å². The number of nitrogens with zero attached hydrogens (tertiary/aromatic N) is 1. The second kappa shape index (κ2) is 6.36. The van der Waals surface area contributed by atoms with Crippen molar-refractivity contribution in [2.75, 3.05) is 26.2 Å². The van der Waals surface area contributed by atoms with E-state index < -0.39 is 0 Å². The van der Waals surface area contributed by atoms with Crippen molar-refractivity contribution in [3.05, 3.63) is 0 Å². The summed E-state index contributed by atoms with van der Waals surface area (Å²) in [5.74, 6) is 0.689. The molecule has 2 atom stereocenters. The van der Waals surface area contributed by atoms with Crippen LogP contribution in [-0.2, 0) is 4.74 Å². The Kier molecular flexibility index (Phi) is 5.05. The molecule has 3 heteroatoms. The van der Waals surface area contributed by atoms with Crippen LogP contribution in [-0.4, -0.2) is 42.8 Å². The Bertz CT molecular complexity index is 249. The average molecular weight is 254 g/mol. The lowest BCUT2D eigenvalue weighted by molar-refractivity contribution is -0.146. The molecule has 1 spiro atoms. The normalized spacial score (nSPS) is 28.3. The van der Waals surface area contributed by atoms with Gasteiger partial charge in [-0.05, 0) is 64.1 Å². The Balaban J connectivity index is 1.76. The van der Waals surface area contributed by atoms with Crippen molar-refractivity contribution in [3.8, 4) is 0 Å². The maximum Gasteiger partial charge on any atom is 0.0685 e. The zero-order valence-electron chi connectivity index (χ0n) is 12.2. The lowest BCUT2D eigenvalue weighted by Gasteiger charge is -2.48. The number of rotatable bonds is 6. The predicted molar refractivity (Wildman–Crippen MR) is 75.6 cm³/mol. The van der Waals surface area contributed by atoms with Crippen molar-refractivity contribution >= 4 is 0 Å². The van der Waals surface area contributed by atoms with Gasteiger partial charge in [0, 0.05) is 12.6 Å². The fourth-order valence-electron chi connectivity index (χ4n) is 3.46. The van der Waals surface area contributed by atoms with Gasteiger partial charge in [0.1, 0.15) is 0 Å². The van der Waals surface area contributed by atoms with E-state index in [1.807, 2.05) is 0 Å². The van der Waals surface area contributed by atoms with Crippen LogP contribution < -0.4 is 5.73 Å². The summed E-state index contributed by atoms with van der Waals surface area (Å²) in [7, 11) is 0. The highest BCUT2D eigenvalue weighted by Crippen LogP contribution is 2.44. The van der Waals surface area contributed by atoms with Crippen LogP contribution in [0.1, 0.15) is 52.4 Å². The molecule has 0 aromatic rings. The van der Waals surface area contributed by atoms with Gasteiger partial charge in [0.05, 0.1) is 5.60 Å². The SMILES string of the molecule is CCN(CC)CCC(N)C1CCOC2(CCC2)C1. The predicted octanol–water partition coefficient (Wildman–Crippen LogP) is 2.39. The van der Waals surface area contributed by atoms with Crippen LogP contribution >= 0.6 is 0 Å². The smallest absolute Gasteiger partial charge is 0.0685 e. The van der Waals surface area contributed by atoms with Crippen LogP contribution in [0.15, 0.2) is 0 Å². The molecular formula is C15H30N2O. The lowest BCUT2D eigenvalue weighted by Crippen LogP contribution is -2.49. The van der Waals surface area contributed by atoms with E-state index in [-0.39, 0.29) is 5.60 Å². The Labute approximate surface area is 112 Å². The van der Waals surface area contributed by atoms with Crippen LogP contribution in [0.2, 0.25) is 0 Å². The minimum Gasteiger partial charge on any atom is -0.375 e. The summed E-state index contributed by atoms with van der Waals surface area (Å²) in [6.07, 6.45) is 7.41. The molecule has 2 unspecified atom stereocenters. The zero-order valence-corrected chi connectivity index (χ0v) is 12.2. The summed E-state index contributed by atoms with van der Waals surface area (Å²) in [6, 6.07) is 0.368. The molecule has 0 bridgehead atoms. The number of hydrogen-bond acceptors (Lipinski definition) is 3. The third-order valence-electron chi connectivity index (χ3n) is 5.07. The van der Waals surface area contributed by atoms with E-state index in [0.29, 0.717) is 12.0 Å². The molecule has 2 N–H and O–H groups in total. The first-order valence-corrected chi connectivity index (χ1v) is 7.81. The Morgan fingerprint density at radius 2 is 2.06 bits per heavy atom. The lowest BCUT2D eigenvalue weighted by atomic mass is 9.70. The molecule has 3 nitrogen and oxygen atoms in total. The maximum absolute atomic E-state index is 6.42. The van der Waals surface area contributed by atoms with Crippen molar-refractivity contribution in [1.29, 1.82) is 0 Å². The summed E-state index contributed by atoms with van der Waals surface area (Å²) in [5, 5.41) is 0. The molecule has 0 aromatic carbocycles. The number of hydrogen-bond donors (Lipinski definition) is 1. The summed E-state index contributed by atoms with van der Waals surface area (Å²) in [4.78, 5) is 2.47. The molecule has 18 heavy (non-hydrogen) atoms. The van der Waals surface area contributed by atoms with Gasteiger partial charge in [0.25, 0.3) is 0 Å². The largest absolute Gasteiger partial charge is 0.375 e. The minimum absolute atomic E-state index is 0.246. The third kappa shape index (κ3) is 3.25. The van der Waals surface area contributed by atoms with E-state index in [9.17, 15) is 0 Å². The fraction of sp³-hybridized carbons (Fsp3) is 1.00. The molecular weight excluding hydrogens is 224 g/mol. The summed E-state index contributed by atoms with van der Waals surface area (Å²) < 4.78 is 5.98. The molecule has 2 aliphatic rings. The minimum atomic E-state index is 0.246. The van der Waals surface area contributed by atoms with Gasteiger partial charge in [0.15, 0.2) is 0 Å². The van der Waals surface area contributed by atoms with Crippen molar-refractivity contribution in [2.45, 2.75) is 64.0 Å². The van der Waals surface area contributed by atoms with Crippen molar-refractivity contribution < 1.29 is 4.74 Å². The van der Waals surface area contributed by atoms with Crippen molar-refractivity contribution in [2.24, 2.45) is 11.7 Å². The fourth-order valence-corrected chi connectivity index (χ4v) is 3.46. The van der Waals surface area contributed by atoms with E-state index in [1.165, 1.54) is 32.1 Å². The second-order valence-corrected chi connectivity index (χ2v) is 6.12. The van der Waals surface area contributed by atoms with Gasteiger partial charge >= 0.3 is 0 Å². The summed E-state index contributed by atoms with van der Waals surface area (Å²) in [6.45, 7) is 8.82. The zero-order chi connectivity index (χ0) is 13.0. The molecule has 2 fully saturated rings. The average Bonchev–Trinajstić information content (AvgIpc) is 2.38. The monoisotopic (exact) mass is 254 g/mol. The molecule has 1 saturated carbocycles. The number of nitrogens with two attached hydrogens (primary N) is 1. The molecule has 1 aliphatic carbocycles. The van der Waals surface area contributed by atoms with Gasteiger partial charge in [-0.25, -0.2) is 0 Å². The van der Waals surface area contributed by atoms with Gasteiger partial charge < -0.3 is 15.4 Å². The highest BCUT2D eigenvalue weighted by atomic mass is 16.5. The van der Waals surface area contributed by atoms with Crippen LogP contribution in [0.4, 0.5) is 0 Å². The van der Waals surface area contributed by atoms with E-state index in [0.717, 1.165) is 32.7 Å². The van der Waals surface area contributed by atoms with Crippen molar-refractivity contribution in [1.82, 2.24) is 4.90 Å². The van der Waals surface area contributed by atoms with Crippen LogP contribution in [0.3, 0.4) is 0 Å². The Morgan fingerprint density at radius 1 is 1.33 bits per heavy atom. The van der Waals surface area contributed by atoms with E-state index in [1.54, 1.807) is 0 Å². The summed E-state index contributed by atoms with van der Waals surface area (Å²) >= 11 is 0. The molecule has 0 amide bonds. The Hall–Kier alpha value is -0.120. The second-order valence-electron chi connectivity index (χ2n) is 6.12. The first kappa shape index (κ1) is 14.3. The first-order chi connectivity index (χ1) is 8.69. The molecule has 1 aliphatic heterocycles. The molecule has 106 valence electrons. The van der Waals surface area contributed by atoms with Gasteiger partial charge in [-0.2, -0.15) is 0 Å². The summed E-state index contributed by atoms with van der Waals surface area (Å²) in [5.41, 5.74) is 6.67. The molecule has 1 saturated heterocycles. The van der Waals surface area contributed by atoms with Gasteiger partial charge in [0.2, 0.25) is 0 Å². The quantitative estimate of drug-likeness (QED) is 0.791. The molecule has 1 heterocycles. The van der Waals surface area contributed by atoms with Gasteiger partial charge in [-0.15, -0.1) is 0 Å². The van der Waals surface area contributed by atoms with Gasteiger partial charge in [-0.3, -0.25) is 0 Å². The molecule has 0 aromatic heterocycles. The van der Waals surface area contributed by atoms with Crippen LogP contribution in [0, 0.1) is 5.92 Å². The standard InChI is InChI=1S/C15H30N2O/c1-3-17(4-2)10-6-14(16)13-7-11-18-15(12-13)8-5-9-15/h13-14H,3-12,16H2,1-2H3. The molecule has 2 rings (SSSR count). The maximum atomic E-state index is 6.42. The molecule has 0 radical (unpaired) electrons. The number of ether oxygens (including phenoxy) is 1. The van der Waals surface area contributed by atoms with Gasteiger partial charge in [-0.1, -0.05) is 13.8 Å². The first-order valence-electron chi connectivity index (χ1n) is 7.81. The van der Waals surface area contributed by atoms with E-state index in [2.05, 4.69) is 18.7 Å². The van der Waals surface area contributed by atoms with Crippen molar-refractivity contribution in [3.63, 3.8) is 0 Å². The Morgan fingerprint density at radius 3 is 2.61 bits per heavy atom.